The van der Waals surface area contributed by atoms with E-state index in [1.807, 2.05) is 20.8 Å². The summed E-state index contributed by atoms with van der Waals surface area (Å²) in [7, 11) is -3.46. The molecular formula is C14H22N2O3S2. The topological polar surface area (TPSA) is 66.5 Å². The predicted molar refractivity (Wildman–Crippen MR) is 83.7 cm³/mol. The second kappa shape index (κ2) is 6.06. The molecule has 0 saturated carbocycles. The number of nitrogens with zero attached hydrogens (tertiary/aromatic N) is 1. The molecule has 2 heterocycles. The molecule has 0 spiro atoms. The van der Waals surface area contributed by atoms with Crippen molar-refractivity contribution in [1.29, 1.82) is 0 Å². The van der Waals surface area contributed by atoms with Crippen LogP contribution in [0.5, 0.6) is 0 Å². The molecule has 21 heavy (non-hydrogen) atoms. The van der Waals surface area contributed by atoms with Gasteiger partial charge in [0.1, 0.15) is 4.21 Å². The summed E-state index contributed by atoms with van der Waals surface area (Å²) in [5.74, 6) is -0.332. The maximum absolute atomic E-state index is 12.5. The van der Waals surface area contributed by atoms with E-state index < -0.39 is 10.0 Å². The molecule has 7 heteroatoms. The third-order valence-electron chi connectivity index (χ3n) is 3.34. The van der Waals surface area contributed by atoms with Gasteiger partial charge in [-0.3, -0.25) is 4.79 Å². The third kappa shape index (κ3) is 4.05. The summed E-state index contributed by atoms with van der Waals surface area (Å²) >= 11 is 1.21. The monoisotopic (exact) mass is 330 g/mol. The Balaban J connectivity index is 2.09. The fourth-order valence-corrected chi connectivity index (χ4v) is 5.05. The zero-order valence-corrected chi connectivity index (χ0v) is 14.3. The number of nitrogens with one attached hydrogen (secondary N) is 1. The fourth-order valence-electron chi connectivity index (χ4n) is 2.38. The van der Waals surface area contributed by atoms with E-state index in [0.29, 0.717) is 17.2 Å². The van der Waals surface area contributed by atoms with Gasteiger partial charge in [-0.2, -0.15) is 4.31 Å². The van der Waals surface area contributed by atoms with Crippen molar-refractivity contribution in [3.05, 3.63) is 17.5 Å². The molecule has 1 atom stereocenters. The molecule has 1 aromatic rings. The van der Waals surface area contributed by atoms with E-state index in [-0.39, 0.29) is 23.9 Å². The summed E-state index contributed by atoms with van der Waals surface area (Å²) in [6, 6.07) is 3.34. The van der Waals surface area contributed by atoms with Gasteiger partial charge in [0.2, 0.25) is 5.91 Å². The van der Waals surface area contributed by atoms with Crippen LogP contribution in [0.3, 0.4) is 0 Å². The van der Waals surface area contributed by atoms with Crippen molar-refractivity contribution in [2.45, 2.75) is 43.4 Å². The third-order valence-corrected chi connectivity index (χ3v) is 6.58. The average molecular weight is 330 g/mol. The number of carbonyl (C=O) groups excluding carboxylic acids is 1. The summed E-state index contributed by atoms with van der Waals surface area (Å²) in [4.78, 5) is 12.2. The number of thiophene rings is 1. The van der Waals surface area contributed by atoms with Crippen molar-refractivity contribution >= 4 is 27.3 Å². The number of carbonyl (C=O) groups is 1. The van der Waals surface area contributed by atoms with E-state index in [4.69, 9.17) is 0 Å². The number of amides is 1. The summed E-state index contributed by atoms with van der Waals surface area (Å²) in [5, 5.41) is 4.69. The molecule has 2 rings (SSSR count). The Kier molecular flexibility index (Phi) is 4.75. The maximum Gasteiger partial charge on any atom is 0.252 e. The minimum atomic E-state index is -3.46. The summed E-state index contributed by atoms with van der Waals surface area (Å²) in [6.45, 7) is 6.53. The van der Waals surface area contributed by atoms with Gasteiger partial charge in [-0.05, 0) is 45.1 Å². The van der Waals surface area contributed by atoms with Gasteiger partial charge in [0.15, 0.2) is 0 Å². The standard InChI is InChI=1S/C14H22N2O3S2/c1-14(2,3)15-13(17)11-6-4-8-16(10-11)21(18,19)12-7-5-9-20-12/h5,7,9,11H,4,6,8,10H2,1-3H3,(H,15,17)/t11-/m1/s1. The highest BCUT2D eigenvalue weighted by Gasteiger charge is 2.34. The Labute approximate surface area is 130 Å². The first kappa shape index (κ1) is 16.5. The normalized spacial score (nSPS) is 21.2. The van der Waals surface area contributed by atoms with Crippen LogP contribution in [0.2, 0.25) is 0 Å². The first-order chi connectivity index (χ1) is 9.70. The number of hydrogen-bond donors (Lipinski definition) is 1. The molecule has 0 bridgehead atoms. The number of rotatable bonds is 3. The van der Waals surface area contributed by atoms with Crippen LogP contribution in [0.4, 0.5) is 0 Å². The minimum Gasteiger partial charge on any atom is -0.351 e. The molecule has 1 aromatic heterocycles. The lowest BCUT2D eigenvalue weighted by atomic mass is 9.97. The smallest absolute Gasteiger partial charge is 0.252 e. The Hall–Kier alpha value is -0.920. The molecule has 0 aromatic carbocycles. The highest BCUT2D eigenvalue weighted by molar-refractivity contribution is 7.91. The van der Waals surface area contributed by atoms with Crippen LogP contribution in [0, 0.1) is 5.92 Å². The number of sulfonamides is 1. The second-order valence-corrected chi connectivity index (χ2v) is 9.49. The Morgan fingerprint density at radius 3 is 2.71 bits per heavy atom. The van der Waals surface area contributed by atoms with Gasteiger partial charge in [-0.25, -0.2) is 8.42 Å². The van der Waals surface area contributed by atoms with Crippen molar-refractivity contribution in [3.8, 4) is 0 Å². The molecule has 0 aliphatic carbocycles. The predicted octanol–water partition coefficient (Wildman–Crippen LogP) is 2.06. The van der Waals surface area contributed by atoms with E-state index in [1.54, 1.807) is 17.5 Å². The molecule has 0 unspecified atom stereocenters. The lowest BCUT2D eigenvalue weighted by Gasteiger charge is -2.32. The summed E-state index contributed by atoms with van der Waals surface area (Å²) in [6.07, 6.45) is 1.45. The molecule has 1 N–H and O–H groups in total. The maximum atomic E-state index is 12.5. The first-order valence-corrected chi connectivity index (χ1v) is 9.38. The molecule has 118 valence electrons. The molecule has 1 amide bonds. The number of hydrogen-bond acceptors (Lipinski definition) is 4. The van der Waals surface area contributed by atoms with Crippen molar-refractivity contribution in [3.63, 3.8) is 0 Å². The Morgan fingerprint density at radius 2 is 2.14 bits per heavy atom. The van der Waals surface area contributed by atoms with Crippen molar-refractivity contribution in [2.75, 3.05) is 13.1 Å². The molecule has 0 radical (unpaired) electrons. The van der Waals surface area contributed by atoms with Gasteiger partial charge >= 0.3 is 0 Å². The highest BCUT2D eigenvalue weighted by atomic mass is 32.2. The van der Waals surface area contributed by atoms with Gasteiger partial charge in [-0.15, -0.1) is 11.3 Å². The van der Waals surface area contributed by atoms with Crippen molar-refractivity contribution in [1.82, 2.24) is 9.62 Å². The zero-order valence-electron chi connectivity index (χ0n) is 12.6. The summed E-state index contributed by atoms with van der Waals surface area (Å²) in [5.41, 5.74) is -0.300. The molecule has 1 aliphatic heterocycles. The van der Waals surface area contributed by atoms with Gasteiger partial charge < -0.3 is 5.32 Å². The van der Waals surface area contributed by atoms with Gasteiger partial charge in [0, 0.05) is 18.6 Å². The lowest BCUT2D eigenvalue weighted by Crippen LogP contribution is -2.49. The molecule has 1 aliphatic rings. The average Bonchev–Trinajstić information content (AvgIpc) is 2.91. The molecular weight excluding hydrogens is 308 g/mol. The van der Waals surface area contributed by atoms with Crippen LogP contribution < -0.4 is 5.32 Å². The van der Waals surface area contributed by atoms with Gasteiger partial charge in [0.25, 0.3) is 10.0 Å². The molecule has 1 saturated heterocycles. The van der Waals surface area contributed by atoms with Gasteiger partial charge in [0.05, 0.1) is 5.92 Å². The quantitative estimate of drug-likeness (QED) is 0.922. The van der Waals surface area contributed by atoms with Crippen LogP contribution in [0.15, 0.2) is 21.7 Å². The van der Waals surface area contributed by atoms with Crippen LogP contribution in [-0.4, -0.2) is 37.3 Å². The Morgan fingerprint density at radius 1 is 1.43 bits per heavy atom. The molecule has 1 fully saturated rings. The van der Waals surface area contributed by atoms with E-state index in [2.05, 4.69) is 5.32 Å². The highest BCUT2D eigenvalue weighted by Crippen LogP contribution is 2.26. The first-order valence-electron chi connectivity index (χ1n) is 7.06. The number of piperidine rings is 1. The largest absolute Gasteiger partial charge is 0.351 e. The second-order valence-electron chi connectivity index (χ2n) is 6.37. The lowest BCUT2D eigenvalue weighted by molar-refractivity contribution is -0.127. The van der Waals surface area contributed by atoms with Crippen LogP contribution in [0.1, 0.15) is 33.6 Å². The SMILES string of the molecule is CC(C)(C)NC(=O)[C@@H]1CCCN(S(=O)(=O)c2cccs2)C1. The van der Waals surface area contributed by atoms with Crippen LogP contribution in [0.25, 0.3) is 0 Å². The minimum absolute atomic E-state index is 0.0615. The summed E-state index contributed by atoms with van der Waals surface area (Å²) < 4.78 is 26.8. The molecule has 5 nitrogen and oxygen atoms in total. The van der Waals surface area contributed by atoms with E-state index in [0.717, 1.165) is 6.42 Å². The van der Waals surface area contributed by atoms with Crippen molar-refractivity contribution < 1.29 is 13.2 Å². The van der Waals surface area contributed by atoms with Crippen LogP contribution in [-0.2, 0) is 14.8 Å². The van der Waals surface area contributed by atoms with E-state index >= 15 is 0 Å². The van der Waals surface area contributed by atoms with Crippen molar-refractivity contribution in [2.24, 2.45) is 5.92 Å². The zero-order chi connectivity index (χ0) is 15.7. The Bertz CT molecular complexity index is 588. The van der Waals surface area contributed by atoms with E-state index in [1.165, 1.54) is 15.6 Å². The van der Waals surface area contributed by atoms with E-state index in [9.17, 15) is 13.2 Å². The van der Waals surface area contributed by atoms with Gasteiger partial charge in [-0.1, -0.05) is 6.07 Å². The van der Waals surface area contributed by atoms with Crippen LogP contribution >= 0.6 is 11.3 Å². The fraction of sp³-hybridized carbons (Fsp3) is 0.643.